The predicted molar refractivity (Wildman–Crippen MR) is 119 cm³/mol. The predicted octanol–water partition coefficient (Wildman–Crippen LogP) is 3.07. The van der Waals surface area contributed by atoms with Gasteiger partial charge in [0, 0.05) is 19.0 Å². The van der Waals surface area contributed by atoms with Gasteiger partial charge in [-0.05, 0) is 51.8 Å². The van der Waals surface area contributed by atoms with Crippen molar-refractivity contribution in [3.63, 3.8) is 0 Å². The zero-order valence-corrected chi connectivity index (χ0v) is 19.3. The molecule has 0 unspecified atom stereocenters. The highest BCUT2D eigenvalue weighted by molar-refractivity contribution is 7.89. The maximum Gasteiger partial charge on any atom is 0.246 e. The van der Waals surface area contributed by atoms with Crippen molar-refractivity contribution >= 4 is 42.6 Å². The Hall–Kier alpha value is -2.50. The van der Waals surface area contributed by atoms with E-state index in [0.29, 0.717) is 49.1 Å². The Morgan fingerprint density at radius 1 is 1.32 bits per heavy atom. The number of thiazole rings is 1. The van der Waals surface area contributed by atoms with Crippen LogP contribution < -0.4 is 10.1 Å². The first-order chi connectivity index (χ1) is 14.8. The minimum absolute atomic E-state index is 0.128. The lowest BCUT2D eigenvalue weighted by molar-refractivity contribution is -0.120. The molecule has 0 radical (unpaired) electrons. The zero-order valence-electron chi connectivity index (χ0n) is 17.6. The van der Waals surface area contributed by atoms with Crippen molar-refractivity contribution < 1.29 is 17.9 Å². The van der Waals surface area contributed by atoms with E-state index in [9.17, 15) is 13.2 Å². The number of ether oxygens (including phenoxy) is 1. The van der Waals surface area contributed by atoms with Crippen molar-refractivity contribution in [2.45, 2.75) is 38.5 Å². The number of hydrogen-bond donors (Lipinski definition) is 2. The first-order valence-corrected chi connectivity index (χ1v) is 12.4. The minimum atomic E-state index is -3.63. The largest absolute Gasteiger partial charge is 0.494 e. The quantitative estimate of drug-likeness (QED) is 0.580. The van der Waals surface area contributed by atoms with Crippen LogP contribution in [0.4, 0.5) is 5.13 Å². The Morgan fingerprint density at radius 3 is 2.71 bits per heavy atom. The third-order valence-corrected chi connectivity index (χ3v) is 8.48. The molecule has 1 saturated heterocycles. The lowest BCUT2D eigenvalue weighted by atomic mass is 9.97. The van der Waals surface area contributed by atoms with E-state index < -0.39 is 10.0 Å². The summed E-state index contributed by atoms with van der Waals surface area (Å²) in [6.07, 6.45) is 0.917. The number of nitrogens with one attached hydrogen (secondary N) is 2. The van der Waals surface area contributed by atoms with Crippen molar-refractivity contribution in [1.29, 1.82) is 0 Å². The van der Waals surface area contributed by atoms with Crippen molar-refractivity contribution in [1.82, 2.24) is 19.5 Å². The van der Waals surface area contributed by atoms with Crippen LogP contribution in [-0.4, -0.2) is 53.5 Å². The highest BCUT2D eigenvalue weighted by Crippen LogP contribution is 2.31. The van der Waals surface area contributed by atoms with Gasteiger partial charge < -0.3 is 10.1 Å². The number of benzene rings is 1. The third kappa shape index (κ3) is 4.30. The number of nitrogens with zero attached hydrogens (tertiary/aromatic N) is 3. The van der Waals surface area contributed by atoms with Crippen molar-refractivity contribution in [3.05, 3.63) is 29.6 Å². The molecule has 0 spiro atoms. The first kappa shape index (κ1) is 21.7. The minimum Gasteiger partial charge on any atom is -0.494 e. The van der Waals surface area contributed by atoms with E-state index in [4.69, 9.17) is 4.74 Å². The van der Waals surface area contributed by atoms with Gasteiger partial charge in [-0.2, -0.15) is 9.40 Å². The zero-order chi connectivity index (χ0) is 22.2. The van der Waals surface area contributed by atoms with E-state index in [1.807, 2.05) is 25.1 Å². The van der Waals surface area contributed by atoms with Gasteiger partial charge in [0.05, 0.1) is 28.2 Å². The van der Waals surface area contributed by atoms with Gasteiger partial charge in [-0.25, -0.2) is 13.4 Å². The van der Waals surface area contributed by atoms with Gasteiger partial charge in [0.15, 0.2) is 5.13 Å². The van der Waals surface area contributed by atoms with Crippen LogP contribution in [0.25, 0.3) is 10.2 Å². The molecular weight excluding hydrogens is 438 g/mol. The van der Waals surface area contributed by atoms with Crippen LogP contribution >= 0.6 is 11.3 Å². The Labute approximate surface area is 184 Å². The number of fused-ring (bicyclic) bond motifs is 1. The molecule has 0 aliphatic carbocycles. The van der Waals surface area contributed by atoms with Gasteiger partial charge in [-0.3, -0.25) is 9.89 Å². The van der Waals surface area contributed by atoms with E-state index in [1.54, 1.807) is 13.8 Å². The number of anilines is 1. The van der Waals surface area contributed by atoms with E-state index >= 15 is 0 Å². The van der Waals surface area contributed by atoms with Crippen molar-refractivity contribution in [2.75, 3.05) is 25.0 Å². The van der Waals surface area contributed by atoms with Gasteiger partial charge in [0.1, 0.15) is 10.6 Å². The van der Waals surface area contributed by atoms with Crippen LogP contribution in [0.3, 0.4) is 0 Å². The number of H-pyrrole nitrogens is 1. The summed E-state index contributed by atoms with van der Waals surface area (Å²) in [5.41, 5.74) is 1.79. The smallest absolute Gasteiger partial charge is 0.246 e. The van der Waals surface area contributed by atoms with E-state index in [1.165, 1.54) is 15.6 Å². The first-order valence-electron chi connectivity index (χ1n) is 10.2. The Kier molecular flexibility index (Phi) is 6.00. The second kappa shape index (κ2) is 8.56. The second-order valence-electron chi connectivity index (χ2n) is 7.51. The highest BCUT2D eigenvalue weighted by Gasteiger charge is 2.34. The van der Waals surface area contributed by atoms with Gasteiger partial charge in [-0.1, -0.05) is 11.3 Å². The molecule has 0 saturated carbocycles. The average Bonchev–Trinajstić information content (AvgIpc) is 3.30. The van der Waals surface area contributed by atoms with Crippen LogP contribution in [0.5, 0.6) is 5.75 Å². The fourth-order valence-electron chi connectivity index (χ4n) is 3.83. The molecule has 166 valence electrons. The van der Waals surface area contributed by atoms with Crippen LogP contribution in [0.2, 0.25) is 0 Å². The molecule has 11 heteroatoms. The summed E-state index contributed by atoms with van der Waals surface area (Å²) < 4.78 is 33.8. The number of carbonyl (C=O) groups is 1. The fraction of sp³-hybridized carbons (Fsp3) is 0.450. The van der Waals surface area contributed by atoms with Gasteiger partial charge in [0.25, 0.3) is 0 Å². The molecule has 1 aliphatic rings. The third-order valence-electron chi connectivity index (χ3n) is 5.38. The van der Waals surface area contributed by atoms with Crippen LogP contribution in [0.1, 0.15) is 31.2 Å². The Morgan fingerprint density at radius 2 is 2.06 bits per heavy atom. The number of piperidine rings is 1. The Bertz CT molecular complexity index is 1190. The van der Waals surface area contributed by atoms with E-state index in [-0.39, 0.29) is 16.7 Å². The summed E-state index contributed by atoms with van der Waals surface area (Å²) in [5.74, 6) is 0.383. The number of hydrogen-bond acceptors (Lipinski definition) is 7. The fourth-order valence-corrected chi connectivity index (χ4v) is 6.53. The molecule has 2 N–H and O–H groups in total. The number of aryl methyl sites for hydroxylation is 2. The van der Waals surface area contributed by atoms with Gasteiger partial charge in [-0.15, -0.1) is 0 Å². The number of carbonyl (C=O) groups excluding carboxylic acids is 1. The number of rotatable bonds is 6. The van der Waals surface area contributed by atoms with Gasteiger partial charge >= 0.3 is 0 Å². The lowest BCUT2D eigenvalue weighted by Crippen LogP contribution is -2.41. The molecule has 1 amide bonds. The molecule has 1 aromatic carbocycles. The number of amides is 1. The molecule has 3 heterocycles. The molecule has 3 aromatic rings. The van der Waals surface area contributed by atoms with Crippen LogP contribution in [-0.2, 0) is 14.8 Å². The summed E-state index contributed by atoms with van der Waals surface area (Å²) in [4.78, 5) is 17.5. The molecule has 0 bridgehead atoms. The maximum atomic E-state index is 13.0. The number of sulfonamides is 1. The number of aromatic nitrogens is 3. The molecule has 9 nitrogen and oxygen atoms in total. The maximum absolute atomic E-state index is 13.0. The topological polar surface area (TPSA) is 117 Å². The van der Waals surface area contributed by atoms with Crippen molar-refractivity contribution in [2.24, 2.45) is 5.92 Å². The standard InChI is InChI=1S/C20H25N5O4S2/c1-4-29-15-5-6-16-17(11-15)30-20(21-16)22-19(26)14-7-9-25(10-8-14)31(27,28)18-12(2)23-24-13(18)3/h5-6,11,14H,4,7-10H2,1-3H3,(H,23,24)(H,21,22,26). The van der Waals surface area contributed by atoms with E-state index in [2.05, 4.69) is 20.5 Å². The molecular formula is C20H25N5O4S2. The van der Waals surface area contributed by atoms with Gasteiger partial charge in [0.2, 0.25) is 15.9 Å². The summed E-state index contributed by atoms with van der Waals surface area (Å²) in [6, 6.07) is 5.64. The molecule has 31 heavy (non-hydrogen) atoms. The molecule has 0 atom stereocenters. The molecule has 2 aromatic heterocycles. The normalized spacial score (nSPS) is 16.0. The molecule has 4 rings (SSSR count). The lowest BCUT2D eigenvalue weighted by Gasteiger charge is -2.30. The summed E-state index contributed by atoms with van der Waals surface area (Å²) in [6.45, 7) is 6.47. The summed E-state index contributed by atoms with van der Waals surface area (Å²) in [5, 5.41) is 10.1. The van der Waals surface area contributed by atoms with E-state index in [0.717, 1.165) is 16.0 Å². The number of aromatic amines is 1. The monoisotopic (exact) mass is 463 g/mol. The highest BCUT2D eigenvalue weighted by atomic mass is 32.2. The van der Waals surface area contributed by atoms with Crippen LogP contribution in [0.15, 0.2) is 23.1 Å². The Balaban J connectivity index is 1.40. The van der Waals surface area contributed by atoms with Crippen molar-refractivity contribution in [3.8, 4) is 5.75 Å². The second-order valence-corrected chi connectivity index (χ2v) is 10.4. The molecule has 1 fully saturated rings. The van der Waals surface area contributed by atoms with Crippen LogP contribution in [0, 0.1) is 19.8 Å². The SMILES string of the molecule is CCOc1ccc2nc(NC(=O)C3CCN(S(=O)(=O)c4c(C)n[nH]c4C)CC3)sc2c1. The molecule has 1 aliphatic heterocycles. The summed E-state index contributed by atoms with van der Waals surface area (Å²) in [7, 11) is -3.63. The summed E-state index contributed by atoms with van der Waals surface area (Å²) >= 11 is 1.40. The average molecular weight is 464 g/mol.